The van der Waals surface area contributed by atoms with E-state index in [-0.39, 0.29) is 12.0 Å². The molecule has 1 fully saturated rings. The SMILES string of the molecule is COc1cc2c(cc1OC)C(C)N(C(=O)[C@@H]1C[C@H](C)CC[C@H]1C(C)C)CC2. The molecular weight excluding hydrogens is 338 g/mol. The van der Waals surface area contributed by atoms with E-state index in [2.05, 4.69) is 44.7 Å². The summed E-state index contributed by atoms with van der Waals surface area (Å²) in [5, 5.41) is 0. The van der Waals surface area contributed by atoms with E-state index in [4.69, 9.17) is 9.47 Å². The Labute approximate surface area is 164 Å². The first-order valence-electron chi connectivity index (χ1n) is 10.4. The highest BCUT2D eigenvalue weighted by Crippen LogP contribution is 2.42. The number of ether oxygens (including phenoxy) is 2. The van der Waals surface area contributed by atoms with Crippen molar-refractivity contribution in [1.29, 1.82) is 0 Å². The zero-order valence-electron chi connectivity index (χ0n) is 17.7. The van der Waals surface area contributed by atoms with E-state index in [0.29, 0.717) is 23.7 Å². The van der Waals surface area contributed by atoms with Crippen LogP contribution in [0.5, 0.6) is 11.5 Å². The van der Waals surface area contributed by atoms with Gasteiger partial charge in [0.15, 0.2) is 11.5 Å². The van der Waals surface area contributed by atoms with Gasteiger partial charge in [0, 0.05) is 12.5 Å². The highest BCUT2D eigenvalue weighted by atomic mass is 16.5. The molecule has 2 aliphatic rings. The van der Waals surface area contributed by atoms with Gasteiger partial charge >= 0.3 is 0 Å². The molecule has 1 aliphatic heterocycles. The van der Waals surface area contributed by atoms with Crippen LogP contribution in [0.15, 0.2) is 12.1 Å². The van der Waals surface area contributed by atoms with Crippen LogP contribution in [0.2, 0.25) is 0 Å². The third-order valence-corrected chi connectivity index (χ3v) is 6.81. The Kier molecular flexibility index (Phi) is 6.02. The van der Waals surface area contributed by atoms with Crippen molar-refractivity contribution in [3.63, 3.8) is 0 Å². The predicted molar refractivity (Wildman–Crippen MR) is 108 cm³/mol. The van der Waals surface area contributed by atoms with Crippen LogP contribution in [-0.4, -0.2) is 31.6 Å². The lowest BCUT2D eigenvalue weighted by atomic mass is 9.69. The number of amides is 1. The molecule has 1 aromatic rings. The maximum Gasteiger partial charge on any atom is 0.226 e. The average molecular weight is 374 g/mol. The van der Waals surface area contributed by atoms with Crippen LogP contribution < -0.4 is 9.47 Å². The number of benzene rings is 1. The van der Waals surface area contributed by atoms with Crippen LogP contribution in [0, 0.1) is 23.7 Å². The normalized spacial score (nSPS) is 28.0. The van der Waals surface area contributed by atoms with Gasteiger partial charge in [-0.2, -0.15) is 0 Å². The third-order valence-electron chi connectivity index (χ3n) is 6.81. The lowest BCUT2D eigenvalue weighted by molar-refractivity contribution is -0.142. The Balaban J connectivity index is 1.87. The van der Waals surface area contributed by atoms with Crippen molar-refractivity contribution in [2.45, 2.75) is 59.4 Å². The van der Waals surface area contributed by atoms with Gasteiger partial charge in [-0.15, -0.1) is 0 Å². The quantitative estimate of drug-likeness (QED) is 0.757. The van der Waals surface area contributed by atoms with Gasteiger partial charge in [-0.3, -0.25) is 4.79 Å². The van der Waals surface area contributed by atoms with E-state index in [1.165, 1.54) is 24.0 Å². The molecule has 1 unspecified atom stereocenters. The summed E-state index contributed by atoms with van der Waals surface area (Å²) in [6.45, 7) is 9.78. The highest BCUT2D eigenvalue weighted by molar-refractivity contribution is 5.80. The van der Waals surface area contributed by atoms with Crippen molar-refractivity contribution < 1.29 is 14.3 Å². The summed E-state index contributed by atoms with van der Waals surface area (Å²) < 4.78 is 11.0. The van der Waals surface area contributed by atoms with E-state index in [1.54, 1.807) is 14.2 Å². The molecule has 1 aromatic carbocycles. The Bertz CT molecular complexity index is 684. The van der Waals surface area contributed by atoms with Gasteiger partial charge in [-0.05, 0) is 67.2 Å². The summed E-state index contributed by atoms with van der Waals surface area (Å²) in [4.78, 5) is 15.7. The minimum absolute atomic E-state index is 0.0751. The predicted octanol–water partition coefficient (Wildman–Crippen LogP) is 4.86. The van der Waals surface area contributed by atoms with Crippen LogP contribution >= 0.6 is 0 Å². The van der Waals surface area contributed by atoms with E-state index in [1.807, 2.05) is 0 Å². The zero-order chi connectivity index (χ0) is 19.7. The number of methoxy groups -OCH3 is 2. The number of rotatable bonds is 4. The number of carbonyl (C=O) groups excluding carboxylic acids is 1. The molecule has 1 aliphatic carbocycles. The van der Waals surface area contributed by atoms with Gasteiger partial charge in [0.05, 0.1) is 20.3 Å². The number of carbonyl (C=O) groups is 1. The van der Waals surface area contributed by atoms with Gasteiger partial charge < -0.3 is 14.4 Å². The van der Waals surface area contributed by atoms with E-state index >= 15 is 0 Å². The lowest BCUT2D eigenvalue weighted by Crippen LogP contribution is -2.46. The van der Waals surface area contributed by atoms with Crippen molar-refractivity contribution in [3.8, 4) is 11.5 Å². The number of nitrogens with zero attached hydrogens (tertiary/aromatic N) is 1. The molecular formula is C23H35NO3. The van der Waals surface area contributed by atoms with E-state index < -0.39 is 0 Å². The standard InChI is InChI=1S/C23H35NO3/c1-14(2)18-8-7-15(3)11-20(18)23(25)24-10-9-17-12-21(26-5)22(27-6)13-19(17)16(24)4/h12-16,18,20H,7-11H2,1-6H3/t15-,16?,18+,20-/m1/s1. The summed E-state index contributed by atoms with van der Waals surface area (Å²) in [6, 6.07) is 4.21. The number of hydrogen-bond donors (Lipinski definition) is 0. The van der Waals surface area contributed by atoms with Gasteiger partial charge in [0.25, 0.3) is 0 Å². The maximum absolute atomic E-state index is 13.6. The molecule has 27 heavy (non-hydrogen) atoms. The van der Waals surface area contributed by atoms with Crippen LogP contribution in [0.3, 0.4) is 0 Å². The molecule has 0 saturated heterocycles. The maximum atomic E-state index is 13.6. The first-order chi connectivity index (χ1) is 12.9. The summed E-state index contributed by atoms with van der Waals surface area (Å²) in [6.07, 6.45) is 4.34. The van der Waals surface area contributed by atoms with Gasteiger partial charge in [-0.25, -0.2) is 0 Å². The Morgan fingerprint density at radius 3 is 2.41 bits per heavy atom. The Morgan fingerprint density at radius 2 is 1.78 bits per heavy atom. The smallest absolute Gasteiger partial charge is 0.226 e. The molecule has 1 saturated carbocycles. The summed E-state index contributed by atoms with van der Waals surface area (Å²) >= 11 is 0. The van der Waals surface area contributed by atoms with Crippen LogP contribution in [-0.2, 0) is 11.2 Å². The second kappa shape index (κ2) is 8.12. The molecule has 0 aromatic heterocycles. The summed E-state index contributed by atoms with van der Waals surface area (Å²) in [7, 11) is 3.33. The fourth-order valence-corrected chi connectivity index (χ4v) is 5.14. The first kappa shape index (κ1) is 20.0. The minimum atomic E-state index is 0.0751. The van der Waals surface area contributed by atoms with E-state index in [9.17, 15) is 4.79 Å². The third kappa shape index (κ3) is 3.81. The summed E-state index contributed by atoms with van der Waals surface area (Å²) in [5.41, 5.74) is 2.46. The molecule has 1 heterocycles. The second-order valence-corrected chi connectivity index (χ2v) is 8.80. The molecule has 1 amide bonds. The second-order valence-electron chi connectivity index (χ2n) is 8.80. The number of hydrogen-bond acceptors (Lipinski definition) is 3. The highest BCUT2D eigenvalue weighted by Gasteiger charge is 2.40. The lowest BCUT2D eigenvalue weighted by Gasteiger charge is -2.42. The van der Waals surface area contributed by atoms with Crippen molar-refractivity contribution >= 4 is 5.91 Å². The van der Waals surface area contributed by atoms with Crippen molar-refractivity contribution in [1.82, 2.24) is 4.90 Å². The van der Waals surface area contributed by atoms with Crippen molar-refractivity contribution in [2.75, 3.05) is 20.8 Å². The Hall–Kier alpha value is -1.71. The monoisotopic (exact) mass is 373 g/mol. The summed E-state index contributed by atoms with van der Waals surface area (Å²) in [5.74, 6) is 3.74. The molecule has 0 spiro atoms. The molecule has 0 bridgehead atoms. The van der Waals surface area contributed by atoms with Gasteiger partial charge in [0.1, 0.15) is 0 Å². The Morgan fingerprint density at radius 1 is 1.11 bits per heavy atom. The molecule has 4 atom stereocenters. The fourth-order valence-electron chi connectivity index (χ4n) is 5.14. The molecule has 4 heteroatoms. The topological polar surface area (TPSA) is 38.8 Å². The zero-order valence-corrected chi connectivity index (χ0v) is 17.7. The largest absolute Gasteiger partial charge is 0.493 e. The molecule has 0 radical (unpaired) electrons. The van der Waals surface area contributed by atoms with Crippen LogP contribution in [0.1, 0.15) is 64.1 Å². The fraction of sp³-hybridized carbons (Fsp3) is 0.696. The van der Waals surface area contributed by atoms with E-state index in [0.717, 1.165) is 30.9 Å². The van der Waals surface area contributed by atoms with Crippen molar-refractivity contribution in [2.24, 2.45) is 23.7 Å². The average Bonchev–Trinajstić information content (AvgIpc) is 2.66. The molecule has 3 rings (SSSR count). The van der Waals surface area contributed by atoms with Gasteiger partial charge in [0.2, 0.25) is 5.91 Å². The van der Waals surface area contributed by atoms with Crippen LogP contribution in [0.4, 0.5) is 0 Å². The first-order valence-corrected chi connectivity index (χ1v) is 10.4. The van der Waals surface area contributed by atoms with Gasteiger partial charge in [-0.1, -0.05) is 27.2 Å². The minimum Gasteiger partial charge on any atom is -0.493 e. The molecule has 150 valence electrons. The molecule has 0 N–H and O–H groups in total. The van der Waals surface area contributed by atoms with Crippen molar-refractivity contribution in [3.05, 3.63) is 23.3 Å². The number of fused-ring (bicyclic) bond motifs is 1. The van der Waals surface area contributed by atoms with Crippen LogP contribution in [0.25, 0.3) is 0 Å². The molecule has 4 nitrogen and oxygen atoms in total.